The third-order valence-electron chi connectivity index (χ3n) is 3.08. The van der Waals surface area contributed by atoms with Crippen LogP contribution in [-0.2, 0) is 11.2 Å². The van der Waals surface area contributed by atoms with Crippen LogP contribution in [0.25, 0.3) is 0 Å². The molecule has 1 heterocycles. The van der Waals surface area contributed by atoms with Gasteiger partial charge >= 0.3 is 0 Å². The van der Waals surface area contributed by atoms with E-state index in [1.54, 1.807) is 6.07 Å². The number of ether oxygens (including phenoxy) is 1. The molecule has 0 saturated carbocycles. The maximum absolute atomic E-state index is 13.0. The highest BCUT2D eigenvalue weighted by Crippen LogP contribution is 2.18. The van der Waals surface area contributed by atoms with Crippen molar-refractivity contribution >= 4 is 22.4 Å². The molecule has 3 aromatic rings. The molecule has 24 heavy (non-hydrogen) atoms. The summed E-state index contributed by atoms with van der Waals surface area (Å²) in [5, 5.41) is 11.8. The van der Waals surface area contributed by atoms with Crippen molar-refractivity contribution in [2.24, 2.45) is 0 Å². The van der Waals surface area contributed by atoms with Crippen LogP contribution in [0.2, 0.25) is 0 Å². The van der Waals surface area contributed by atoms with Crippen LogP contribution in [0, 0.1) is 5.82 Å². The molecular formula is C17H14FN3O2S. The minimum Gasteiger partial charge on any atom is -0.484 e. The van der Waals surface area contributed by atoms with Crippen LogP contribution in [-0.4, -0.2) is 22.7 Å². The number of nitrogens with zero attached hydrogens (tertiary/aromatic N) is 2. The van der Waals surface area contributed by atoms with E-state index in [9.17, 15) is 9.18 Å². The van der Waals surface area contributed by atoms with Gasteiger partial charge in [-0.15, -0.1) is 10.2 Å². The minimum absolute atomic E-state index is 0.225. The lowest BCUT2D eigenvalue weighted by atomic mass is 10.2. The topological polar surface area (TPSA) is 64.1 Å². The Balaban J connectivity index is 1.51. The predicted octanol–water partition coefficient (Wildman–Crippen LogP) is 3.29. The van der Waals surface area contributed by atoms with Crippen molar-refractivity contribution in [3.05, 3.63) is 71.0 Å². The van der Waals surface area contributed by atoms with Crippen molar-refractivity contribution in [1.82, 2.24) is 10.2 Å². The molecule has 5 nitrogen and oxygen atoms in total. The van der Waals surface area contributed by atoms with E-state index in [4.69, 9.17) is 4.74 Å². The molecule has 0 atom stereocenters. The number of rotatable bonds is 6. The molecule has 3 rings (SSSR count). The van der Waals surface area contributed by atoms with Crippen molar-refractivity contribution in [1.29, 1.82) is 0 Å². The van der Waals surface area contributed by atoms with E-state index in [2.05, 4.69) is 15.5 Å². The molecule has 0 fully saturated rings. The van der Waals surface area contributed by atoms with Crippen LogP contribution in [0.1, 0.15) is 10.6 Å². The Morgan fingerprint density at radius 2 is 1.96 bits per heavy atom. The second-order valence-electron chi connectivity index (χ2n) is 4.96. The van der Waals surface area contributed by atoms with Crippen LogP contribution in [0.5, 0.6) is 5.75 Å². The van der Waals surface area contributed by atoms with E-state index >= 15 is 0 Å². The normalized spacial score (nSPS) is 10.4. The fraction of sp³-hybridized carbons (Fsp3) is 0.118. The summed E-state index contributed by atoms with van der Waals surface area (Å²) in [5.74, 6) is -0.489. The molecule has 1 N–H and O–H groups in total. The lowest BCUT2D eigenvalue weighted by Gasteiger charge is -2.05. The van der Waals surface area contributed by atoms with Crippen LogP contribution >= 0.6 is 11.3 Å². The van der Waals surface area contributed by atoms with E-state index < -0.39 is 5.82 Å². The first-order valence-corrected chi connectivity index (χ1v) is 8.05. The van der Waals surface area contributed by atoms with E-state index in [0.29, 0.717) is 17.3 Å². The number of carbonyl (C=O) groups is 1. The summed E-state index contributed by atoms with van der Waals surface area (Å²) in [6.07, 6.45) is 0.661. The maximum Gasteiger partial charge on any atom is 0.264 e. The third-order valence-corrected chi connectivity index (χ3v) is 3.92. The molecule has 0 bridgehead atoms. The standard InChI is InChI=1S/C17H14FN3O2S/c18-13-7-4-8-14(10-13)23-11-15(22)19-17-21-20-16(24-17)9-12-5-2-1-3-6-12/h1-8,10H,9,11H2,(H,19,21,22). The summed E-state index contributed by atoms with van der Waals surface area (Å²) in [4.78, 5) is 11.8. The number of hydrogen-bond acceptors (Lipinski definition) is 5. The first-order valence-electron chi connectivity index (χ1n) is 7.23. The van der Waals surface area contributed by atoms with Crippen molar-refractivity contribution < 1.29 is 13.9 Å². The molecule has 122 valence electrons. The van der Waals surface area contributed by atoms with Crippen molar-refractivity contribution in [2.75, 3.05) is 11.9 Å². The lowest BCUT2D eigenvalue weighted by Crippen LogP contribution is -2.20. The van der Waals surface area contributed by atoms with E-state index in [1.807, 2.05) is 30.3 Å². The Hall–Kier alpha value is -2.80. The first kappa shape index (κ1) is 16.1. The van der Waals surface area contributed by atoms with Crippen molar-refractivity contribution in [2.45, 2.75) is 6.42 Å². The fourth-order valence-electron chi connectivity index (χ4n) is 2.01. The Morgan fingerprint density at radius 3 is 2.75 bits per heavy atom. The van der Waals surface area contributed by atoms with Crippen LogP contribution < -0.4 is 10.1 Å². The van der Waals surface area contributed by atoms with Crippen LogP contribution in [0.15, 0.2) is 54.6 Å². The van der Waals surface area contributed by atoms with E-state index in [1.165, 1.54) is 29.5 Å². The molecule has 0 saturated heterocycles. The van der Waals surface area contributed by atoms with Gasteiger partial charge in [-0.3, -0.25) is 10.1 Å². The number of hydrogen-bond donors (Lipinski definition) is 1. The van der Waals surface area contributed by atoms with Crippen LogP contribution in [0.3, 0.4) is 0 Å². The number of amides is 1. The minimum atomic E-state index is -0.414. The second-order valence-corrected chi connectivity index (χ2v) is 6.02. The van der Waals surface area contributed by atoms with Crippen molar-refractivity contribution in [3.63, 3.8) is 0 Å². The van der Waals surface area contributed by atoms with Gasteiger partial charge in [0.15, 0.2) is 6.61 Å². The van der Waals surface area contributed by atoms with Gasteiger partial charge in [0.25, 0.3) is 5.91 Å². The quantitative estimate of drug-likeness (QED) is 0.746. The highest BCUT2D eigenvalue weighted by molar-refractivity contribution is 7.15. The van der Waals surface area contributed by atoms with Gasteiger partial charge in [-0.1, -0.05) is 47.7 Å². The third kappa shape index (κ3) is 4.60. The molecule has 1 aromatic heterocycles. The molecule has 7 heteroatoms. The molecule has 1 amide bonds. The zero-order chi connectivity index (χ0) is 16.8. The zero-order valence-electron chi connectivity index (χ0n) is 12.6. The number of anilines is 1. The molecule has 0 aliphatic rings. The van der Waals surface area contributed by atoms with E-state index in [0.717, 1.165) is 10.6 Å². The number of nitrogens with one attached hydrogen (secondary N) is 1. The number of carbonyl (C=O) groups excluding carboxylic acids is 1. The van der Waals surface area contributed by atoms with Crippen molar-refractivity contribution in [3.8, 4) is 5.75 Å². The van der Waals surface area contributed by atoms with Gasteiger partial charge in [0.1, 0.15) is 16.6 Å². The molecule has 2 aromatic carbocycles. The molecule has 0 aliphatic carbocycles. The summed E-state index contributed by atoms with van der Waals surface area (Å²) in [6, 6.07) is 15.5. The molecular weight excluding hydrogens is 329 g/mol. The van der Waals surface area contributed by atoms with Gasteiger partial charge in [-0.25, -0.2) is 4.39 Å². The average molecular weight is 343 g/mol. The summed E-state index contributed by atoms with van der Waals surface area (Å²) in [5.41, 5.74) is 1.13. The van der Waals surface area contributed by atoms with Gasteiger partial charge in [0, 0.05) is 12.5 Å². The molecule has 0 aliphatic heterocycles. The van der Waals surface area contributed by atoms with Gasteiger partial charge in [0.05, 0.1) is 0 Å². The summed E-state index contributed by atoms with van der Waals surface area (Å²) < 4.78 is 18.3. The highest BCUT2D eigenvalue weighted by atomic mass is 32.1. The Bertz CT molecular complexity index is 823. The monoisotopic (exact) mass is 343 g/mol. The second kappa shape index (κ2) is 7.65. The summed E-state index contributed by atoms with van der Waals surface area (Å²) in [6.45, 7) is -0.225. The Morgan fingerprint density at radius 1 is 1.12 bits per heavy atom. The molecule has 0 unspecified atom stereocenters. The number of aromatic nitrogens is 2. The number of halogens is 1. The van der Waals surface area contributed by atoms with Gasteiger partial charge in [-0.05, 0) is 17.7 Å². The Kier molecular flexibility index (Phi) is 5.12. The average Bonchev–Trinajstić information content (AvgIpc) is 3.01. The smallest absolute Gasteiger partial charge is 0.264 e. The molecule has 0 radical (unpaired) electrons. The fourth-order valence-corrected chi connectivity index (χ4v) is 2.80. The number of benzene rings is 2. The summed E-state index contributed by atoms with van der Waals surface area (Å²) >= 11 is 1.31. The largest absolute Gasteiger partial charge is 0.484 e. The zero-order valence-corrected chi connectivity index (χ0v) is 13.4. The first-order chi connectivity index (χ1) is 11.7. The van der Waals surface area contributed by atoms with Gasteiger partial charge in [-0.2, -0.15) is 0 Å². The summed E-state index contributed by atoms with van der Waals surface area (Å²) in [7, 11) is 0. The highest BCUT2D eigenvalue weighted by Gasteiger charge is 2.09. The SMILES string of the molecule is O=C(COc1cccc(F)c1)Nc1nnc(Cc2ccccc2)s1. The van der Waals surface area contributed by atoms with Crippen LogP contribution in [0.4, 0.5) is 9.52 Å². The maximum atomic E-state index is 13.0. The van der Waals surface area contributed by atoms with Gasteiger partial charge < -0.3 is 4.74 Å². The Labute approximate surface area is 142 Å². The van der Waals surface area contributed by atoms with E-state index in [-0.39, 0.29) is 12.5 Å². The lowest BCUT2D eigenvalue weighted by molar-refractivity contribution is -0.118. The molecule has 0 spiro atoms. The van der Waals surface area contributed by atoms with Gasteiger partial charge in [0.2, 0.25) is 5.13 Å². The predicted molar refractivity (Wildman–Crippen MR) is 89.7 cm³/mol.